The van der Waals surface area contributed by atoms with Gasteiger partial charge in [0.15, 0.2) is 0 Å². The Morgan fingerprint density at radius 2 is 1.82 bits per heavy atom. The van der Waals surface area contributed by atoms with Crippen LogP contribution < -0.4 is 4.74 Å². The standard InChI is InChI=1S/C14H19NOS/c1-11-7-9-15(10-8-11)14(17)12-3-5-13(16-2)6-4-12/h3-6,11H,7-10H2,1-2H3. The number of hydrogen-bond acceptors (Lipinski definition) is 2. The zero-order valence-electron chi connectivity index (χ0n) is 10.5. The summed E-state index contributed by atoms with van der Waals surface area (Å²) >= 11 is 5.54. The summed E-state index contributed by atoms with van der Waals surface area (Å²) in [5, 5.41) is 0. The minimum absolute atomic E-state index is 0.838. The average Bonchev–Trinajstić information content (AvgIpc) is 2.39. The number of nitrogens with zero attached hydrogens (tertiary/aromatic N) is 1. The first-order valence-corrected chi connectivity index (χ1v) is 6.55. The van der Waals surface area contributed by atoms with Crippen molar-refractivity contribution in [3.8, 4) is 5.75 Å². The van der Waals surface area contributed by atoms with Gasteiger partial charge in [0.2, 0.25) is 0 Å². The molecule has 0 aromatic heterocycles. The van der Waals surface area contributed by atoms with E-state index >= 15 is 0 Å². The fraction of sp³-hybridized carbons (Fsp3) is 0.500. The van der Waals surface area contributed by atoms with Gasteiger partial charge in [-0.25, -0.2) is 0 Å². The van der Waals surface area contributed by atoms with E-state index in [-0.39, 0.29) is 0 Å². The van der Waals surface area contributed by atoms with E-state index in [4.69, 9.17) is 17.0 Å². The lowest BCUT2D eigenvalue weighted by Gasteiger charge is -2.32. The molecule has 2 nitrogen and oxygen atoms in total. The van der Waals surface area contributed by atoms with Crippen LogP contribution in [0.1, 0.15) is 25.3 Å². The second-order valence-corrected chi connectivity index (χ2v) is 5.09. The monoisotopic (exact) mass is 249 g/mol. The van der Waals surface area contributed by atoms with Crippen molar-refractivity contribution in [2.75, 3.05) is 20.2 Å². The van der Waals surface area contributed by atoms with E-state index in [1.54, 1.807) is 7.11 Å². The Hall–Kier alpha value is -1.09. The van der Waals surface area contributed by atoms with Crippen molar-refractivity contribution < 1.29 is 4.74 Å². The first-order valence-electron chi connectivity index (χ1n) is 6.14. The van der Waals surface area contributed by atoms with Crippen LogP contribution in [0.5, 0.6) is 5.75 Å². The van der Waals surface area contributed by atoms with Gasteiger partial charge in [-0.05, 0) is 43.0 Å². The number of hydrogen-bond donors (Lipinski definition) is 0. The molecule has 1 heterocycles. The van der Waals surface area contributed by atoms with Crippen LogP contribution in [0.25, 0.3) is 0 Å². The van der Waals surface area contributed by atoms with E-state index in [0.29, 0.717) is 0 Å². The normalized spacial score (nSPS) is 16.9. The lowest BCUT2D eigenvalue weighted by atomic mass is 9.99. The number of likely N-dealkylation sites (tertiary alicyclic amines) is 1. The van der Waals surface area contributed by atoms with E-state index in [0.717, 1.165) is 35.3 Å². The molecule has 0 aliphatic carbocycles. The van der Waals surface area contributed by atoms with Crippen molar-refractivity contribution in [2.45, 2.75) is 19.8 Å². The molecule has 1 fully saturated rings. The van der Waals surface area contributed by atoms with Gasteiger partial charge >= 0.3 is 0 Å². The summed E-state index contributed by atoms with van der Waals surface area (Å²) < 4.78 is 5.15. The number of benzene rings is 1. The van der Waals surface area contributed by atoms with Crippen molar-refractivity contribution in [1.82, 2.24) is 4.90 Å². The lowest BCUT2D eigenvalue weighted by molar-refractivity contribution is 0.284. The molecule has 0 unspecified atom stereocenters. The van der Waals surface area contributed by atoms with E-state index in [2.05, 4.69) is 11.8 Å². The lowest BCUT2D eigenvalue weighted by Crippen LogP contribution is -2.37. The molecule has 0 spiro atoms. The predicted octanol–water partition coefficient (Wildman–Crippen LogP) is 3.10. The molecule has 1 aliphatic rings. The van der Waals surface area contributed by atoms with Crippen LogP contribution in [-0.4, -0.2) is 30.1 Å². The molecule has 0 amide bonds. The molecular formula is C14H19NOS. The number of ether oxygens (including phenoxy) is 1. The van der Waals surface area contributed by atoms with Crippen molar-refractivity contribution >= 4 is 17.2 Å². The number of rotatable bonds is 2. The van der Waals surface area contributed by atoms with Gasteiger partial charge in [-0.1, -0.05) is 19.1 Å². The van der Waals surface area contributed by atoms with Gasteiger partial charge < -0.3 is 9.64 Å². The van der Waals surface area contributed by atoms with Gasteiger partial charge in [-0.15, -0.1) is 0 Å². The Morgan fingerprint density at radius 3 is 2.35 bits per heavy atom. The topological polar surface area (TPSA) is 12.5 Å². The van der Waals surface area contributed by atoms with Gasteiger partial charge in [-0.3, -0.25) is 0 Å². The second-order valence-electron chi connectivity index (χ2n) is 4.70. The van der Waals surface area contributed by atoms with Crippen molar-refractivity contribution in [1.29, 1.82) is 0 Å². The highest BCUT2D eigenvalue weighted by Crippen LogP contribution is 2.20. The maximum atomic E-state index is 5.54. The first-order chi connectivity index (χ1) is 8.20. The maximum absolute atomic E-state index is 5.54. The molecule has 92 valence electrons. The van der Waals surface area contributed by atoms with Crippen LogP contribution in [0.3, 0.4) is 0 Å². The Bertz CT molecular complexity index is 380. The molecule has 1 saturated heterocycles. The Morgan fingerprint density at radius 1 is 1.24 bits per heavy atom. The van der Waals surface area contributed by atoms with E-state index < -0.39 is 0 Å². The summed E-state index contributed by atoms with van der Waals surface area (Å²) in [7, 11) is 1.68. The third-order valence-corrected chi connectivity index (χ3v) is 3.90. The molecule has 0 atom stereocenters. The average molecular weight is 249 g/mol. The molecule has 0 bridgehead atoms. The van der Waals surface area contributed by atoms with E-state index in [9.17, 15) is 0 Å². The van der Waals surface area contributed by atoms with Gasteiger partial charge in [0.25, 0.3) is 0 Å². The molecule has 0 N–H and O–H groups in total. The molecule has 3 heteroatoms. The molecule has 1 aromatic carbocycles. The van der Waals surface area contributed by atoms with Crippen LogP contribution in [0.2, 0.25) is 0 Å². The minimum atomic E-state index is 0.838. The molecule has 17 heavy (non-hydrogen) atoms. The van der Waals surface area contributed by atoms with Gasteiger partial charge in [0, 0.05) is 18.7 Å². The third-order valence-electron chi connectivity index (χ3n) is 3.41. The van der Waals surface area contributed by atoms with E-state index in [1.807, 2.05) is 24.3 Å². The summed E-state index contributed by atoms with van der Waals surface area (Å²) in [5.41, 5.74) is 1.12. The SMILES string of the molecule is COc1ccc(C(=S)N2CCC(C)CC2)cc1. The molecule has 0 saturated carbocycles. The summed E-state index contributed by atoms with van der Waals surface area (Å²) in [6.45, 7) is 4.49. The Labute approximate surface area is 109 Å². The predicted molar refractivity (Wildman–Crippen MR) is 74.7 cm³/mol. The van der Waals surface area contributed by atoms with Gasteiger partial charge in [-0.2, -0.15) is 0 Å². The maximum Gasteiger partial charge on any atom is 0.118 e. The fourth-order valence-electron chi connectivity index (χ4n) is 2.13. The summed E-state index contributed by atoms with van der Waals surface area (Å²) in [6, 6.07) is 8.01. The largest absolute Gasteiger partial charge is 0.497 e. The molecular weight excluding hydrogens is 230 g/mol. The Kier molecular flexibility index (Phi) is 4.00. The highest BCUT2D eigenvalue weighted by molar-refractivity contribution is 7.80. The quantitative estimate of drug-likeness (QED) is 0.747. The van der Waals surface area contributed by atoms with Crippen LogP contribution in [0.15, 0.2) is 24.3 Å². The zero-order valence-corrected chi connectivity index (χ0v) is 11.3. The second kappa shape index (κ2) is 5.50. The zero-order chi connectivity index (χ0) is 12.3. The molecule has 1 aromatic rings. The molecule has 2 rings (SSSR count). The van der Waals surface area contributed by atoms with Crippen LogP contribution in [0, 0.1) is 5.92 Å². The van der Waals surface area contributed by atoms with Crippen LogP contribution in [0.4, 0.5) is 0 Å². The van der Waals surface area contributed by atoms with Crippen molar-refractivity contribution in [3.05, 3.63) is 29.8 Å². The smallest absolute Gasteiger partial charge is 0.118 e. The van der Waals surface area contributed by atoms with Crippen molar-refractivity contribution in [3.63, 3.8) is 0 Å². The van der Waals surface area contributed by atoms with Crippen LogP contribution >= 0.6 is 12.2 Å². The van der Waals surface area contributed by atoms with Gasteiger partial charge in [0.1, 0.15) is 10.7 Å². The fourth-order valence-corrected chi connectivity index (χ4v) is 2.45. The summed E-state index contributed by atoms with van der Waals surface area (Å²) in [6.07, 6.45) is 2.49. The van der Waals surface area contributed by atoms with Gasteiger partial charge in [0.05, 0.1) is 7.11 Å². The molecule has 1 aliphatic heterocycles. The highest BCUT2D eigenvalue weighted by atomic mass is 32.1. The van der Waals surface area contributed by atoms with E-state index in [1.165, 1.54) is 12.8 Å². The molecule has 0 radical (unpaired) electrons. The third kappa shape index (κ3) is 2.97. The number of piperidine rings is 1. The minimum Gasteiger partial charge on any atom is -0.497 e. The summed E-state index contributed by atoms with van der Waals surface area (Å²) in [4.78, 5) is 3.29. The number of thiocarbonyl (C=S) groups is 1. The Balaban J connectivity index is 2.03. The van der Waals surface area contributed by atoms with Crippen molar-refractivity contribution in [2.24, 2.45) is 5.92 Å². The highest BCUT2D eigenvalue weighted by Gasteiger charge is 2.18. The summed E-state index contributed by atoms with van der Waals surface area (Å²) in [5.74, 6) is 1.72. The number of methoxy groups -OCH3 is 1. The first kappa shape index (κ1) is 12.4. The van der Waals surface area contributed by atoms with Crippen LogP contribution in [-0.2, 0) is 0 Å².